The Morgan fingerprint density at radius 3 is 2.50 bits per heavy atom. The summed E-state index contributed by atoms with van der Waals surface area (Å²) in [5.74, 6) is 0. The molecule has 80 valence electrons. The van der Waals surface area contributed by atoms with Crippen LogP contribution in [-0.4, -0.2) is 37.1 Å². The lowest BCUT2D eigenvalue weighted by Crippen LogP contribution is -2.46. The Bertz CT molecular complexity index is 192. The van der Waals surface area contributed by atoms with Crippen molar-refractivity contribution < 1.29 is 0 Å². The van der Waals surface area contributed by atoms with E-state index in [0.717, 1.165) is 12.1 Å². The Balaban J connectivity index is 1.79. The maximum Gasteiger partial charge on any atom is 0.0133 e. The number of nitrogens with zero attached hydrogens (tertiary/aromatic N) is 1. The highest BCUT2D eigenvalue weighted by Crippen LogP contribution is 2.21. The number of rotatable bonds is 2. The Morgan fingerprint density at radius 1 is 1.14 bits per heavy atom. The second-order valence-corrected chi connectivity index (χ2v) is 4.54. The quantitative estimate of drug-likeness (QED) is 0.674. The number of piperidine rings is 1. The van der Waals surface area contributed by atoms with Gasteiger partial charge in [-0.05, 0) is 52.2 Å². The molecule has 2 aliphatic rings. The SMILES string of the molecule is CNC1CCN(C2CC=CCC2)CC1. The van der Waals surface area contributed by atoms with E-state index in [1.165, 1.54) is 45.2 Å². The molecule has 0 aromatic heterocycles. The van der Waals surface area contributed by atoms with Crippen LogP contribution < -0.4 is 5.32 Å². The van der Waals surface area contributed by atoms with Crippen molar-refractivity contribution in [2.24, 2.45) is 0 Å². The molecule has 0 saturated carbocycles. The largest absolute Gasteiger partial charge is 0.317 e. The molecule has 2 heteroatoms. The minimum atomic E-state index is 0.769. The van der Waals surface area contributed by atoms with Crippen molar-refractivity contribution in [3.63, 3.8) is 0 Å². The van der Waals surface area contributed by atoms with Crippen LogP contribution in [0.4, 0.5) is 0 Å². The molecule has 1 aliphatic carbocycles. The van der Waals surface area contributed by atoms with Crippen LogP contribution in [0, 0.1) is 0 Å². The maximum absolute atomic E-state index is 3.39. The molecule has 1 N–H and O–H groups in total. The summed E-state index contributed by atoms with van der Waals surface area (Å²) in [6.45, 7) is 2.59. The summed E-state index contributed by atoms with van der Waals surface area (Å²) in [5.41, 5.74) is 0. The van der Waals surface area contributed by atoms with Gasteiger partial charge in [-0.25, -0.2) is 0 Å². The van der Waals surface area contributed by atoms with Crippen LogP contribution in [0.15, 0.2) is 12.2 Å². The zero-order valence-electron chi connectivity index (χ0n) is 9.21. The van der Waals surface area contributed by atoms with Gasteiger partial charge in [0.25, 0.3) is 0 Å². The summed E-state index contributed by atoms with van der Waals surface area (Å²) in [7, 11) is 2.09. The van der Waals surface area contributed by atoms with Gasteiger partial charge < -0.3 is 5.32 Å². The molecule has 0 amide bonds. The molecule has 1 heterocycles. The van der Waals surface area contributed by atoms with Gasteiger partial charge in [-0.3, -0.25) is 4.90 Å². The van der Waals surface area contributed by atoms with Crippen LogP contribution >= 0.6 is 0 Å². The zero-order chi connectivity index (χ0) is 9.80. The third-order valence-electron chi connectivity index (χ3n) is 3.70. The summed E-state index contributed by atoms with van der Waals surface area (Å²) >= 11 is 0. The molecule has 0 radical (unpaired) electrons. The van der Waals surface area contributed by atoms with Gasteiger partial charge in [-0.15, -0.1) is 0 Å². The van der Waals surface area contributed by atoms with E-state index in [9.17, 15) is 0 Å². The fraction of sp³-hybridized carbons (Fsp3) is 0.833. The number of nitrogens with one attached hydrogen (secondary N) is 1. The fourth-order valence-electron chi connectivity index (χ4n) is 2.66. The molecule has 0 aromatic carbocycles. The Labute approximate surface area is 87.4 Å². The lowest BCUT2D eigenvalue weighted by atomic mass is 9.96. The van der Waals surface area contributed by atoms with Crippen LogP contribution in [0.5, 0.6) is 0 Å². The van der Waals surface area contributed by atoms with Crippen LogP contribution in [-0.2, 0) is 0 Å². The number of likely N-dealkylation sites (tertiary alicyclic amines) is 1. The number of allylic oxidation sites excluding steroid dienone is 1. The van der Waals surface area contributed by atoms with Crippen molar-refractivity contribution >= 4 is 0 Å². The first-order valence-corrected chi connectivity index (χ1v) is 5.96. The van der Waals surface area contributed by atoms with Crippen LogP contribution in [0.3, 0.4) is 0 Å². The van der Waals surface area contributed by atoms with Crippen molar-refractivity contribution in [1.82, 2.24) is 10.2 Å². The summed E-state index contributed by atoms with van der Waals surface area (Å²) in [5, 5.41) is 3.39. The van der Waals surface area contributed by atoms with Crippen molar-refractivity contribution in [2.45, 2.75) is 44.2 Å². The summed E-state index contributed by atoms with van der Waals surface area (Å²) in [6.07, 6.45) is 11.3. The Hall–Kier alpha value is -0.340. The molecule has 2 nitrogen and oxygen atoms in total. The maximum atomic E-state index is 3.39. The highest BCUT2D eigenvalue weighted by atomic mass is 15.2. The van der Waals surface area contributed by atoms with E-state index < -0.39 is 0 Å². The van der Waals surface area contributed by atoms with E-state index in [-0.39, 0.29) is 0 Å². The first kappa shape index (κ1) is 10.2. The van der Waals surface area contributed by atoms with Gasteiger partial charge in [0.05, 0.1) is 0 Å². The zero-order valence-corrected chi connectivity index (χ0v) is 9.21. The van der Waals surface area contributed by atoms with Gasteiger partial charge in [0.1, 0.15) is 0 Å². The topological polar surface area (TPSA) is 15.3 Å². The van der Waals surface area contributed by atoms with Gasteiger partial charge in [0, 0.05) is 12.1 Å². The van der Waals surface area contributed by atoms with Gasteiger partial charge in [0.15, 0.2) is 0 Å². The van der Waals surface area contributed by atoms with Crippen molar-refractivity contribution in [3.8, 4) is 0 Å². The standard InChI is InChI=1S/C12H22N2/c1-13-11-7-9-14(10-8-11)12-5-3-2-4-6-12/h2-3,11-13H,4-10H2,1H3. The molecular weight excluding hydrogens is 172 g/mol. The molecule has 1 fully saturated rings. The molecule has 2 rings (SSSR count). The average molecular weight is 194 g/mol. The minimum Gasteiger partial charge on any atom is -0.317 e. The lowest BCUT2D eigenvalue weighted by Gasteiger charge is -2.38. The first-order chi connectivity index (χ1) is 6.90. The minimum absolute atomic E-state index is 0.769. The molecule has 1 aliphatic heterocycles. The second-order valence-electron chi connectivity index (χ2n) is 4.54. The van der Waals surface area contributed by atoms with Gasteiger partial charge in [0.2, 0.25) is 0 Å². The van der Waals surface area contributed by atoms with E-state index >= 15 is 0 Å². The third-order valence-corrected chi connectivity index (χ3v) is 3.70. The summed E-state index contributed by atoms with van der Waals surface area (Å²) < 4.78 is 0. The van der Waals surface area contributed by atoms with Crippen molar-refractivity contribution in [1.29, 1.82) is 0 Å². The van der Waals surface area contributed by atoms with E-state index in [1.54, 1.807) is 0 Å². The molecule has 0 bridgehead atoms. The smallest absolute Gasteiger partial charge is 0.0133 e. The fourth-order valence-corrected chi connectivity index (χ4v) is 2.66. The summed E-state index contributed by atoms with van der Waals surface area (Å²) in [4.78, 5) is 2.69. The molecule has 0 spiro atoms. The van der Waals surface area contributed by atoms with E-state index in [1.807, 2.05) is 0 Å². The van der Waals surface area contributed by atoms with E-state index in [4.69, 9.17) is 0 Å². The number of hydrogen-bond donors (Lipinski definition) is 1. The Morgan fingerprint density at radius 2 is 1.93 bits per heavy atom. The second kappa shape index (κ2) is 4.94. The normalized spacial score (nSPS) is 30.8. The predicted molar refractivity (Wildman–Crippen MR) is 60.4 cm³/mol. The predicted octanol–water partition coefficient (Wildman–Crippen LogP) is 1.78. The van der Waals surface area contributed by atoms with E-state index in [0.29, 0.717) is 0 Å². The van der Waals surface area contributed by atoms with Gasteiger partial charge in [-0.1, -0.05) is 12.2 Å². The molecule has 14 heavy (non-hydrogen) atoms. The van der Waals surface area contributed by atoms with Crippen molar-refractivity contribution in [3.05, 3.63) is 12.2 Å². The molecule has 1 saturated heterocycles. The highest BCUT2D eigenvalue weighted by molar-refractivity contribution is 4.95. The van der Waals surface area contributed by atoms with Crippen LogP contribution in [0.1, 0.15) is 32.1 Å². The van der Waals surface area contributed by atoms with Crippen LogP contribution in [0.25, 0.3) is 0 Å². The van der Waals surface area contributed by atoms with Crippen LogP contribution in [0.2, 0.25) is 0 Å². The highest BCUT2D eigenvalue weighted by Gasteiger charge is 2.23. The third kappa shape index (κ3) is 2.37. The van der Waals surface area contributed by atoms with E-state index in [2.05, 4.69) is 29.4 Å². The molecular formula is C12H22N2. The molecule has 1 atom stereocenters. The number of hydrogen-bond acceptors (Lipinski definition) is 2. The average Bonchev–Trinajstić information content (AvgIpc) is 2.30. The molecule has 0 aromatic rings. The lowest BCUT2D eigenvalue weighted by molar-refractivity contribution is 0.137. The van der Waals surface area contributed by atoms with Gasteiger partial charge >= 0.3 is 0 Å². The van der Waals surface area contributed by atoms with Gasteiger partial charge in [-0.2, -0.15) is 0 Å². The summed E-state index contributed by atoms with van der Waals surface area (Å²) in [6, 6.07) is 1.61. The first-order valence-electron chi connectivity index (χ1n) is 5.96. The monoisotopic (exact) mass is 194 g/mol. The Kier molecular flexibility index (Phi) is 3.60. The molecule has 1 unspecified atom stereocenters. The van der Waals surface area contributed by atoms with Crippen molar-refractivity contribution in [2.75, 3.05) is 20.1 Å².